The summed E-state index contributed by atoms with van der Waals surface area (Å²) in [6, 6.07) is 1.46. The van der Waals surface area contributed by atoms with Gasteiger partial charge in [-0.15, -0.1) is 11.3 Å². The number of nitrogens with zero attached hydrogens (tertiary/aromatic N) is 2. The second kappa shape index (κ2) is 5.05. The fourth-order valence-electron chi connectivity index (χ4n) is 1.56. The van der Waals surface area contributed by atoms with Gasteiger partial charge >= 0.3 is 6.03 Å². The van der Waals surface area contributed by atoms with E-state index in [9.17, 15) is 4.79 Å². The molecule has 0 aromatic carbocycles. The molecule has 0 fully saturated rings. The number of anilines is 2. The monoisotopic (exact) mass is 266 g/mol. The lowest BCUT2D eigenvalue weighted by Gasteiger charge is -2.07. The summed E-state index contributed by atoms with van der Waals surface area (Å²) in [6.07, 6.45) is 0. The molecule has 2 rings (SSSR count). The summed E-state index contributed by atoms with van der Waals surface area (Å²) in [6.45, 7) is 2.94. The van der Waals surface area contributed by atoms with Gasteiger partial charge in [0, 0.05) is 18.0 Å². The highest BCUT2D eigenvalue weighted by atomic mass is 32.1. The van der Waals surface area contributed by atoms with Crippen LogP contribution in [0.5, 0.6) is 0 Å². The fraction of sp³-hybridized carbons (Fsp3) is 0.300. The summed E-state index contributed by atoms with van der Waals surface area (Å²) in [5.41, 5.74) is 10.6. The van der Waals surface area contributed by atoms with Crippen molar-refractivity contribution in [1.82, 2.24) is 15.3 Å². The molecule has 2 heterocycles. The van der Waals surface area contributed by atoms with E-state index in [1.54, 1.807) is 11.3 Å². The third-order valence-electron chi connectivity index (χ3n) is 2.25. The van der Waals surface area contributed by atoms with Crippen LogP contribution >= 0.6 is 11.3 Å². The predicted molar refractivity (Wildman–Crippen MR) is 72.6 cm³/mol. The van der Waals surface area contributed by atoms with E-state index in [4.69, 9.17) is 11.5 Å². The third-order valence-corrected chi connectivity index (χ3v) is 3.19. The van der Waals surface area contributed by atoms with Gasteiger partial charge in [0.15, 0.2) is 0 Å². The number of carbonyl (C=O) groups is 1. The van der Waals surface area contributed by atoms with Gasteiger partial charge < -0.3 is 22.1 Å². The average Bonchev–Trinajstić information content (AvgIpc) is 2.64. The zero-order chi connectivity index (χ0) is 13.1. The molecule has 7 nitrogen and oxygen atoms in total. The van der Waals surface area contributed by atoms with Crippen LogP contribution < -0.4 is 22.1 Å². The van der Waals surface area contributed by atoms with Crippen molar-refractivity contribution in [3.63, 3.8) is 0 Å². The van der Waals surface area contributed by atoms with Crippen molar-refractivity contribution < 1.29 is 4.79 Å². The number of aryl methyl sites for hydroxylation is 1. The molecule has 0 radical (unpaired) electrons. The number of carbonyl (C=O) groups excluding carboxylic acids is 1. The molecule has 2 aromatic rings. The molecule has 2 aromatic heterocycles. The van der Waals surface area contributed by atoms with Gasteiger partial charge in [-0.25, -0.2) is 9.78 Å². The van der Waals surface area contributed by atoms with Gasteiger partial charge in [0.05, 0.1) is 5.39 Å². The molecule has 96 valence electrons. The predicted octanol–water partition coefficient (Wildman–Crippen LogP) is 0.662. The molecule has 18 heavy (non-hydrogen) atoms. The first-order valence-corrected chi connectivity index (χ1v) is 6.19. The minimum atomic E-state index is -0.546. The van der Waals surface area contributed by atoms with Crippen molar-refractivity contribution in [2.75, 3.05) is 24.1 Å². The van der Waals surface area contributed by atoms with Crippen molar-refractivity contribution in [2.45, 2.75) is 6.92 Å². The van der Waals surface area contributed by atoms with E-state index >= 15 is 0 Å². The van der Waals surface area contributed by atoms with Crippen LogP contribution in [-0.4, -0.2) is 29.1 Å². The molecule has 0 saturated carbocycles. The van der Waals surface area contributed by atoms with Gasteiger partial charge in [0.2, 0.25) is 5.95 Å². The maximum Gasteiger partial charge on any atom is 0.312 e. The fourth-order valence-corrected chi connectivity index (χ4v) is 2.45. The van der Waals surface area contributed by atoms with Crippen molar-refractivity contribution >= 4 is 39.4 Å². The van der Waals surface area contributed by atoms with Crippen LogP contribution in [0.1, 0.15) is 4.88 Å². The maximum absolute atomic E-state index is 10.5. The van der Waals surface area contributed by atoms with Crippen molar-refractivity contribution in [3.05, 3.63) is 10.9 Å². The second-order valence-electron chi connectivity index (χ2n) is 3.72. The number of fused-ring (bicyclic) bond motifs is 1. The second-order valence-corrected chi connectivity index (χ2v) is 4.96. The van der Waals surface area contributed by atoms with E-state index in [1.165, 1.54) is 0 Å². The first kappa shape index (κ1) is 12.4. The SMILES string of the molecule is Cc1cc2c(NCCNC(N)=O)nc(N)nc2s1. The lowest BCUT2D eigenvalue weighted by molar-refractivity contribution is 0.249. The van der Waals surface area contributed by atoms with Crippen LogP contribution in [0.3, 0.4) is 0 Å². The average molecular weight is 266 g/mol. The molecular weight excluding hydrogens is 252 g/mol. The Morgan fingerprint density at radius 2 is 2.22 bits per heavy atom. The topological polar surface area (TPSA) is 119 Å². The molecular formula is C10H14N6OS. The normalized spacial score (nSPS) is 10.5. The van der Waals surface area contributed by atoms with Crippen molar-refractivity contribution in [2.24, 2.45) is 5.73 Å². The highest BCUT2D eigenvalue weighted by Gasteiger charge is 2.08. The summed E-state index contributed by atoms with van der Waals surface area (Å²) >= 11 is 1.56. The van der Waals surface area contributed by atoms with Gasteiger partial charge in [0.25, 0.3) is 0 Å². The zero-order valence-corrected chi connectivity index (χ0v) is 10.7. The molecule has 0 aliphatic carbocycles. The van der Waals surface area contributed by atoms with Crippen LogP contribution in [-0.2, 0) is 0 Å². The van der Waals surface area contributed by atoms with Gasteiger partial charge in [-0.2, -0.15) is 4.98 Å². The minimum absolute atomic E-state index is 0.231. The first-order chi connectivity index (χ1) is 8.56. The Morgan fingerprint density at radius 3 is 2.94 bits per heavy atom. The molecule has 0 aliphatic rings. The number of nitrogens with two attached hydrogens (primary N) is 2. The molecule has 0 saturated heterocycles. The number of primary amides is 1. The largest absolute Gasteiger partial charge is 0.368 e. The molecule has 0 unspecified atom stereocenters. The highest BCUT2D eigenvalue weighted by Crippen LogP contribution is 2.28. The molecule has 0 bridgehead atoms. The summed E-state index contributed by atoms with van der Waals surface area (Å²) in [4.78, 5) is 20.8. The number of aromatic nitrogens is 2. The van der Waals surface area contributed by atoms with Crippen molar-refractivity contribution in [1.29, 1.82) is 0 Å². The molecule has 8 heteroatoms. The van der Waals surface area contributed by atoms with Crippen molar-refractivity contribution in [3.8, 4) is 0 Å². The Bertz CT molecular complexity index is 581. The number of rotatable bonds is 4. The summed E-state index contributed by atoms with van der Waals surface area (Å²) in [5.74, 6) is 0.905. The van der Waals surface area contributed by atoms with E-state index < -0.39 is 6.03 Å². The lowest BCUT2D eigenvalue weighted by Crippen LogP contribution is -2.33. The zero-order valence-electron chi connectivity index (χ0n) is 9.86. The van der Waals surface area contributed by atoms with E-state index in [1.807, 2.05) is 13.0 Å². The number of amides is 2. The third kappa shape index (κ3) is 2.77. The summed E-state index contributed by atoms with van der Waals surface area (Å²) in [5, 5.41) is 6.53. The maximum atomic E-state index is 10.5. The molecule has 0 spiro atoms. The summed E-state index contributed by atoms with van der Waals surface area (Å²) in [7, 11) is 0. The molecule has 6 N–H and O–H groups in total. The quantitative estimate of drug-likeness (QED) is 0.606. The summed E-state index contributed by atoms with van der Waals surface area (Å²) < 4.78 is 0. The van der Waals surface area contributed by atoms with Gasteiger partial charge in [0.1, 0.15) is 10.6 Å². The number of nitrogens with one attached hydrogen (secondary N) is 2. The Labute approximate surface area is 108 Å². The van der Waals surface area contributed by atoms with Crippen LogP contribution in [0.4, 0.5) is 16.6 Å². The molecule has 2 amide bonds. The standard InChI is InChI=1S/C10H14N6OS/c1-5-4-6-7(13-2-3-14-10(12)17)15-9(11)16-8(6)18-5/h4H,2-3H2,1H3,(H3,12,14,17)(H3,11,13,15,16). The van der Waals surface area contributed by atoms with Crippen LogP contribution in [0.2, 0.25) is 0 Å². The first-order valence-electron chi connectivity index (χ1n) is 5.37. The minimum Gasteiger partial charge on any atom is -0.368 e. The Hall–Kier alpha value is -2.09. The number of urea groups is 1. The van der Waals surface area contributed by atoms with Crippen LogP contribution in [0.15, 0.2) is 6.07 Å². The lowest BCUT2D eigenvalue weighted by atomic mass is 10.3. The van der Waals surface area contributed by atoms with Crippen LogP contribution in [0.25, 0.3) is 10.2 Å². The van der Waals surface area contributed by atoms with Gasteiger partial charge in [-0.3, -0.25) is 0 Å². The Morgan fingerprint density at radius 1 is 1.44 bits per heavy atom. The van der Waals surface area contributed by atoms with E-state index in [0.717, 1.165) is 15.1 Å². The van der Waals surface area contributed by atoms with E-state index in [0.29, 0.717) is 18.9 Å². The highest BCUT2D eigenvalue weighted by molar-refractivity contribution is 7.18. The molecule has 0 atom stereocenters. The Balaban J connectivity index is 2.14. The van der Waals surface area contributed by atoms with Gasteiger partial charge in [-0.1, -0.05) is 0 Å². The number of hydrogen-bond donors (Lipinski definition) is 4. The van der Waals surface area contributed by atoms with Gasteiger partial charge in [-0.05, 0) is 13.0 Å². The number of nitrogen functional groups attached to an aromatic ring is 1. The van der Waals surface area contributed by atoms with Crippen LogP contribution in [0, 0.1) is 6.92 Å². The Kier molecular flexibility index (Phi) is 3.47. The number of hydrogen-bond acceptors (Lipinski definition) is 6. The molecule has 0 aliphatic heterocycles. The van der Waals surface area contributed by atoms with E-state index in [-0.39, 0.29) is 5.95 Å². The smallest absolute Gasteiger partial charge is 0.312 e. The number of thiophene rings is 1. The van der Waals surface area contributed by atoms with E-state index in [2.05, 4.69) is 20.6 Å².